The molecule has 0 saturated carbocycles. The van der Waals surface area contributed by atoms with E-state index in [2.05, 4.69) is 4.84 Å². The maximum absolute atomic E-state index is 11.1. The van der Waals surface area contributed by atoms with Crippen LogP contribution < -0.4 is 17.4 Å². The lowest BCUT2D eigenvalue weighted by atomic mass is 10.00. The van der Waals surface area contributed by atoms with Gasteiger partial charge in [0.2, 0.25) is 0 Å². The average Bonchev–Trinajstić information content (AvgIpc) is 2.35. The van der Waals surface area contributed by atoms with E-state index in [4.69, 9.17) is 17.4 Å². The molecule has 1 rings (SSSR count). The number of carbonyl (C=O) groups is 1. The Morgan fingerprint density at radius 1 is 1.38 bits per heavy atom. The van der Waals surface area contributed by atoms with Crippen LogP contribution in [-0.2, 0) is 9.63 Å². The van der Waals surface area contributed by atoms with E-state index >= 15 is 0 Å². The Bertz CT molecular complexity index is 376. The van der Waals surface area contributed by atoms with E-state index in [0.717, 1.165) is 11.1 Å². The van der Waals surface area contributed by atoms with Gasteiger partial charge in [-0.3, -0.25) is 0 Å². The minimum absolute atomic E-state index is 0.288. The zero-order valence-corrected chi connectivity index (χ0v) is 8.80. The molecule has 0 amide bonds. The molecule has 0 saturated heterocycles. The summed E-state index contributed by atoms with van der Waals surface area (Å²) in [6, 6.07) is 8.63. The average molecular weight is 221 g/mol. The van der Waals surface area contributed by atoms with Gasteiger partial charge in [0.25, 0.3) is 0 Å². The summed E-state index contributed by atoms with van der Waals surface area (Å²) < 4.78 is 0. The van der Waals surface area contributed by atoms with Crippen molar-refractivity contribution in [2.75, 3.05) is 0 Å². The third-order valence-electron chi connectivity index (χ3n) is 2.20. The molecule has 5 nitrogen and oxygen atoms in total. The first-order valence-electron chi connectivity index (χ1n) is 4.81. The minimum Gasteiger partial charge on any atom is -0.404 e. The van der Waals surface area contributed by atoms with Gasteiger partial charge in [-0.1, -0.05) is 30.3 Å². The van der Waals surface area contributed by atoms with Crippen molar-refractivity contribution in [1.82, 2.24) is 0 Å². The lowest BCUT2D eigenvalue weighted by molar-refractivity contribution is -0.145. The van der Waals surface area contributed by atoms with Crippen LogP contribution in [-0.4, -0.2) is 12.0 Å². The molecule has 1 atom stereocenters. The van der Waals surface area contributed by atoms with Gasteiger partial charge in [0.15, 0.2) is 0 Å². The SMILES string of the molecule is N/C=C(/CC(N)C(=O)ON)c1ccccc1. The monoisotopic (exact) mass is 221 g/mol. The first kappa shape index (κ1) is 12.2. The van der Waals surface area contributed by atoms with Gasteiger partial charge in [-0.15, -0.1) is 0 Å². The van der Waals surface area contributed by atoms with E-state index in [1.807, 2.05) is 30.3 Å². The van der Waals surface area contributed by atoms with Gasteiger partial charge < -0.3 is 16.3 Å². The van der Waals surface area contributed by atoms with Crippen LogP contribution >= 0.6 is 0 Å². The summed E-state index contributed by atoms with van der Waals surface area (Å²) >= 11 is 0. The van der Waals surface area contributed by atoms with Crippen LogP contribution in [0.4, 0.5) is 0 Å². The second-order valence-electron chi connectivity index (χ2n) is 3.31. The zero-order chi connectivity index (χ0) is 12.0. The van der Waals surface area contributed by atoms with Gasteiger partial charge in [-0.05, 0) is 17.3 Å². The highest BCUT2D eigenvalue weighted by atomic mass is 16.7. The summed E-state index contributed by atoms with van der Waals surface area (Å²) in [5.41, 5.74) is 12.8. The third-order valence-corrected chi connectivity index (χ3v) is 2.20. The quantitative estimate of drug-likeness (QED) is 0.626. The van der Waals surface area contributed by atoms with E-state index in [1.165, 1.54) is 6.20 Å². The molecule has 6 N–H and O–H groups in total. The number of rotatable bonds is 4. The predicted molar refractivity (Wildman–Crippen MR) is 61.5 cm³/mol. The molecule has 0 aliphatic heterocycles. The number of hydrogen-bond acceptors (Lipinski definition) is 5. The highest BCUT2D eigenvalue weighted by Crippen LogP contribution is 2.18. The molecular weight excluding hydrogens is 206 g/mol. The Hall–Kier alpha value is -1.85. The Morgan fingerprint density at radius 3 is 2.50 bits per heavy atom. The van der Waals surface area contributed by atoms with E-state index in [1.54, 1.807) is 0 Å². The zero-order valence-electron chi connectivity index (χ0n) is 8.80. The van der Waals surface area contributed by atoms with Gasteiger partial charge in [-0.2, -0.15) is 5.90 Å². The molecule has 0 aliphatic rings. The lowest BCUT2D eigenvalue weighted by Gasteiger charge is -2.11. The summed E-state index contributed by atoms with van der Waals surface area (Å²) in [5.74, 6) is 4.09. The van der Waals surface area contributed by atoms with E-state index in [9.17, 15) is 4.79 Å². The summed E-state index contributed by atoms with van der Waals surface area (Å²) in [6.45, 7) is 0. The molecule has 0 aliphatic carbocycles. The number of carbonyl (C=O) groups excluding carboxylic acids is 1. The van der Waals surface area contributed by atoms with Crippen LogP contribution in [0.3, 0.4) is 0 Å². The lowest BCUT2D eigenvalue weighted by Crippen LogP contribution is -2.34. The van der Waals surface area contributed by atoms with E-state index in [-0.39, 0.29) is 6.42 Å². The molecule has 0 aromatic heterocycles. The van der Waals surface area contributed by atoms with Crippen molar-refractivity contribution in [1.29, 1.82) is 0 Å². The van der Waals surface area contributed by atoms with Crippen LogP contribution in [0.5, 0.6) is 0 Å². The van der Waals surface area contributed by atoms with Gasteiger partial charge >= 0.3 is 5.97 Å². The maximum atomic E-state index is 11.1. The van der Waals surface area contributed by atoms with Crippen LogP contribution in [0.1, 0.15) is 12.0 Å². The highest BCUT2D eigenvalue weighted by Gasteiger charge is 2.16. The smallest absolute Gasteiger partial charge is 0.341 e. The molecule has 0 spiro atoms. The number of nitrogens with two attached hydrogens (primary N) is 3. The second kappa shape index (κ2) is 5.89. The molecule has 1 unspecified atom stereocenters. The predicted octanol–water partition coefficient (Wildman–Crippen LogP) is 0.121. The molecule has 16 heavy (non-hydrogen) atoms. The highest BCUT2D eigenvalue weighted by molar-refractivity contribution is 5.79. The Labute approximate surface area is 93.8 Å². The van der Waals surface area contributed by atoms with E-state index < -0.39 is 12.0 Å². The summed E-state index contributed by atoms with van der Waals surface area (Å²) in [7, 11) is 0. The Kier molecular flexibility index (Phi) is 4.50. The molecule has 1 aromatic carbocycles. The van der Waals surface area contributed by atoms with Crippen molar-refractivity contribution in [3.05, 3.63) is 42.1 Å². The Morgan fingerprint density at radius 2 is 2.00 bits per heavy atom. The van der Waals surface area contributed by atoms with Crippen molar-refractivity contribution in [3.8, 4) is 0 Å². The molecule has 1 aromatic rings. The number of hydrogen-bond donors (Lipinski definition) is 3. The fourth-order valence-electron chi connectivity index (χ4n) is 1.34. The fraction of sp³-hybridized carbons (Fsp3) is 0.182. The first-order chi connectivity index (χ1) is 7.69. The van der Waals surface area contributed by atoms with E-state index in [0.29, 0.717) is 0 Å². The first-order valence-corrected chi connectivity index (χ1v) is 4.81. The van der Waals surface area contributed by atoms with Crippen molar-refractivity contribution in [2.45, 2.75) is 12.5 Å². The standard InChI is InChI=1S/C11H15N3O2/c12-7-9(6-10(13)11(15)16-14)8-4-2-1-3-5-8/h1-5,7,10H,6,12-14H2/b9-7-. The number of benzene rings is 1. The van der Waals surface area contributed by atoms with Crippen LogP contribution in [0, 0.1) is 0 Å². The molecule has 0 bridgehead atoms. The van der Waals surface area contributed by atoms with Gasteiger partial charge in [0.1, 0.15) is 6.04 Å². The van der Waals surface area contributed by atoms with Crippen molar-refractivity contribution >= 4 is 11.5 Å². The molecule has 0 radical (unpaired) electrons. The summed E-state index contributed by atoms with van der Waals surface area (Å²) in [6.07, 6.45) is 1.72. The van der Waals surface area contributed by atoms with Gasteiger partial charge in [-0.25, -0.2) is 4.79 Å². The van der Waals surface area contributed by atoms with Crippen LogP contribution in [0.2, 0.25) is 0 Å². The Balaban J connectivity index is 2.75. The summed E-state index contributed by atoms with van der Waals surface area (Å²) in [4.78, 5) is 15.1. The maximum Gasteiger partial charge on any atom is 0.341 e. The largest absolute Gasteiger partial charge is 0.404 e. The molecule has 0 heterocycles. The van der Waals surface area contributed by atoms with Crippen LogP contribution in [0.15, 0.2) is 36.5 Å². The van der Waals surface area contributed by atoms with Crippen LogP contribution in [0.25, 0.3) is 5.57 Å². The van der Waals surface area contributed by atoms with Crippen molar-refractivity contribution in [3.63, 3.8) is 0 Å². The molecule has 0 fully saturated rings. The summed E-state index contributed by atoms with van der Waals surface area (Å²) in [5, 5.41) is 0. The topological polar surface area (TPSA) is 104 Å². The normalized spacial score (nSPS) is 13.2. The third kappa shape index (κ3) is 3.08. The van der Waals surface area contributed by atoms with Crippen molar-refractivity contribution in [2.24, 2.45) is 17.4 Å². The van der Waals surface area contributed by atoms with Gasteiger partial charge in [0.05, 0.1) is 0 Å². The fourth-order valence-corrected chi connectivity index (χ4v) is 1.34. The second-order valence-corrected chi connectivity index (χ2v) is 3.31. The minimum atomic E-state index is -0.806. The van der Waals surface area contributed by atoms with Crippen molar-refractivity contribution < 1.29 is 9.63 Å². The molecule has 86 valence electrons. The molecular formula is C11H15N3O2. The van der Waals surface area contributed by atoms with Gasteiger partial charge in [0, 0.05) is 6.42 Å². The molecule has 5 heteroatoms.